The first-order chi connectivity index (χ1) is 9.11. The third kappa shape index (κ3) is 2.81. The molecule has 3 nitrogen and oxygen atoms in total. The summed E-state index contributed by atoms with van der Waals surface area (Å²) in [4.78, 5) is 13.7. The van der Waals surface area contributed by atoms with E-state index in [1.54, 1.807) is 0 Å². The summed E-state index contributed by atoms with van der Waals surface area (Å²) in [5.41, 5.74) is 8.67. The largest absolute Gasteiger partial charge is 0.346 e. The molecule has 1 unspecified atom stereocenters. The maximum absolute atomic E-state index is 11.8. The highest BCUT2D eigenvalue weighted by atomic mass is 16.2. The van der Waals surface area contributed by atoms with Crippen molar-refractivity contribution in [3.8, 4) is 0 Å². The van der Waals surface area contributed by atoms with Gasteiger partial charge in [0.1, 0.15) is 0 Å². The standard InChI is InChI=1S/C16H24N2O/c1-3-13-4-6-14(7-5-13)16(12-17)9-8-15(19)18(2)11-10-16/h4-7H,3,8-12,17H2,1-2H3. The topological polar surface area (TPSA) is 46.3 Å². The van der Waals surface area contributed by atoms with Gasteiger partial charge in [-0.3, -0.25) is 4.79 Å². The van der Waals surface area contributed by atoms with Crippen molar-refractivity contribution >= 4 is 5.91 Å². The highest BCUT2D eigenvalue weighted by molar-refractivity contribution is 5.76. The lowest BCUT2D eigenvalue weighted by Crippen LogP contribution is -2.36. The molecule has 1 amide bonds. The second-order valence-corrected chi connectivity index (χ2v) is 5.60. The van der Waals surface area contributed by atoms with Crippen LogP contribution in [0.3, 0.4) is 0 Å². The van der Waals surface area contributed by atoms with Crippen molar-refractivity contribution in [1.29, 1.82) is 0 Å². The van der Waals surface area contributed by atoms with E-state index in [0.717, 1.165) is 25.8 Å². The van der Waals surface area contributed by atoms with Gasteiger partial charge in [0.05, 0.1) is 0 Å². The first kappa shape index (κ1) is 14.1. The molecule has 1 aliphatic heterocycles. The van der Waals surface area contributed by atoms with Crippen LogP contribution in [0.25, 0.3) is 0 Å². The second-order valence-electron chi connectivity index (χ2n) is 5.60. The predicted octanol–water partition coefficient (Wildman–Crippen LogP) is 2.09. The van der Waals surface area contributed by atoms with Gasteiger partial charge in [-0.1, -0.05) is 31.2 Å². The minimum atomic E-state index is -0.0350. The number of carbonyl (C=O) groups is 1. The van der Waals surface area contributed by atoms with E-state index in [1.165, 1.54) is 11.1 Å². The summed E-state index contributed by atoms with van der Waals surface area (Å²) in [6, 6.07) is 8.76. The second kappa shape index (κ2) is 5.74. The highest BCUT2D eigenvalue weighted by Gasteiger charge is 2.34. The van der Waals surface area contributed by atoms with Crippen LogP contribution >= 0.6 is 0 Å². The van der Waals surface area contributed by atoms with Crippen LogP contribution in [-0.2, 0) is 16.6 Å². The molecule has 0 radical (unpaired) electrons. The number of benzene rings is 1. The van der Waals surface area contributed by atoms with Gasteiger partial charge in [-0.05, 0) is 30.4 Å². The number of aryl methyl sites for hydroxylation is 1. The van der Waals surface area contributed by atoms with Crippen LogP contribution in [0.5, 0.6) is 0 Å². The smallest absolute Gasteiger partial charge is 0.222 e. The number of carbonyl (C=O) groups excluding carboxylic acids is 1. The van der Waals surface area contributed by atoms with Gasteiger partial charge in [-0.15, -0.1) is 0 Å². The van der Waals surface area contributed by atoms with Crippen LogP contribution in [0.1, 0.15) is 37.3 Å². The van der Waals surface area contributed by atoms with Gasteiger partial charge < -0.3 is 10.6 Å². The molecule has 1 aromatic rings. The molecule has 19 heavy (non-hydrogen) atoms. The van der Waals surface area contributed by atoms with Gasteiger partial charge in [-0.2, -0.15) is 0 Å². The molecule has 0 saturated carbocycles. The summed E-state index contributed by atoms with van der Waals surface area (Å²) in [6.07, 6.45) is 3.47. The summed E-state index contributed by atoms with van der Waals surface area (Å²) in [5.74, 6) is 0.237. The lowest BCUT2D eigenvalue weighted by Gasteiger charge is -2.32. The van der Waals surface area contributed by atoms with Crippen molar-refractivity contribution in [2.24, 2.45) is 5.73 Å². The third-order valence-corrected chi connectivity index (χ3v) is 4.53. The zero-order valence-corrected chi connectivity index (χ0v) is 12.0. The molecule has 104 valence electrons. The maximum Gasteiger partial charge on any atom is 0.222 e. The molecule has 3 heteroatoms. The molecule has 2 rings (SSSR count). The number of likely N-dealkylation sites (tertiary alicyclic amines) is 1. The molecule has 0 bridgehead atoms. The van der Waals surface area contributed by atoms with Crippen LogP contribution in [0.4, 0.5) is 0 Å². The van der Waals surface area contributed by atoms with Gasteiger partial charge in [0, 0.05) is 32.0 Å². The fourth-order valence-corrected chi connectivity index (χ4v) is 2.87. The lowest BCUT2D eigenvalue weighted by molar-refractivity contribution is -0.129. The summed E-state index contributed by atoms with van der Waals surface area (Å²) in [5, 5.41) is 0. The van der Waals surface area contributed by atoms with E-state index in [9.17, 15) is 4.79 Å². The summed E-state index contributed by atoms with van der Waals surface area (Å²) < 4.78 is 0. The van der Waals surface area contributed by atoms with Gasteiger partial charge in [0.2, 0.25) is 5.91 Å². The average molecular weight is 260 g/mol. The van der Waals surface area contributed by atoms with Gasteiger partial charge in [0.15, 0.2) is 0 Å². The molecular formula is C16H24N2O. The maximum atomic E-state index is 11.8. The average Bonchev–Trinajstić information content (AvgIpc) is 2.61. The Bertz CT molecular complexity index is 441. The monoisotopic (exact) mass is 260 g/mol. The van der Waals surface area contributed by atoms with E-state index in [0.29, 0.717) is 13.0 Å². The zero-order chi connectivity index (χ0) is 13.9. The summed E-state index contributed by atoms with van der Waals surface area (Å²) in [7, 11) is 1.88. The Hall–Kier alpha value is -1.35. The van der Waals surface area contributed by atoms with E-state index < -0.39 is 0 Å². The van der Waals surface area contributed by atoms with Crippen molar-refractivity contribution in [3.05, 3.63) is 35.4 Å². The Morgan fingerprint density at radius 3 is 2.53 bits per heavy atom. The Labute approximate surface area is 115 Å². The van der Waals surface area contributed by atoms with Crippen molar-refractivity contribution in [1.82, 2.24) is 4.90 Å². The van der Waals surface area contributed by atoms with Crippen LogP contribution in [0.2, 0.25) is 0 Å². The minimum absolute atomic E-state index is 0.0350. The van der Waals surface area contributed by atoms with E-state index in [2.05, 4.69) is 31.2 Å². The molecule has 1 aliphatic rings. The SMILES string of the molecule is CCc1ccc(C2(CN)CCC(=O)N(C)CC2)cc1. The molecule has 1 atom stereocenters. The van der Waals surface area contributed by atoms with E-state index in [4.69, 9.17) is 5.73 Å². The van der Waals surface area contributed by atoms with Crippen LogP contribution in [0.15, 0.2) is 24.3 Å². The Balaban J connectivity index is 2.28. The fraction of sp³-hybridized carbons (Fsp3) is 0.562. The zero-order valence-electron chi connectivity index (χ0n) is 12.0. The molecule has 0 aliphatic carbocycles. The summed E-state index contributed by atoms with van der Waals surface area (Å²) in [6.45, 7) is 3.57. The van der Waals surface area contributed by atoms with Crippen molar-refractivity contribution in [2.75, 3.05) is 20.1 Å². The molecule has 1 heterocycles. The van der Waals surface area contributed by atoms with Crippen LogP contribution < -0.4 is 5.73 Å². The Morgan fingerprint density at radius 2 is 1.95 bits per heavy atom. The van der Waals surface area contributed by atoms with E-state index in [-0.39, 0.29) is 11.3 Å². The lowest BCUT2D eigenvalue weighted by atomic mass is 9.74. The molecule has 1 fully saturated rings. The quantitative estimate of drug-likeness (QED) is 0.904. The predicted molar refractivity (Wildman–Crippen MR) is 78.0 cm³/mol. The first-order valence-corrected chi connectivity index (χ1v) is 7.15. The fourth-order valence-electron chi connectivity index (χ4n) is 2.87. The normalized spacial score (nSPS) is 24.4. The minimum Gasteiger partial charge on any atom is -0.346 e. The highest BCUT2D eigenvalue weighted by Crippen LogP contribution is 2.34. The van der Waals surface area contributed by atoms with Crippen molar-refractivity contribution in [2.45, 2.75) is 38.0 Å². The van der Waals surface area contributed by atoms with Crippen molar-refractivity contribution < 1.29 is 4.79 Å². The number of rotatable bonds is 3. The van der Waals surface area contributed by atoms with Crippen molar-refractivity contribution in [3.63, 3.8) is 0 Å². The van der Waals surface area contributed by atoms with Crippen LogP contribution in [-0.4, -0.2) is 30.9 Å². The van der Waals surface area contributed by atoms with Gasteiger partial charge in [-0.25, -0.2) is 0 Å². The van der Waals surface area contributed by atoms with Gasteiger partial charge in [0.25, 0.3) is 0 Å². The molecule has 2 N–H and O–H groups in total. The first-order valence-electron chi connectivity index (χ1n) is 7.15. The molecule has 0 aromatic heterocycles. The number of nitrogens with zero attached hydrogens (tertiary/aromatic N) is 1. The Kier molecular flexibility index (Phi) is 4.25. The molecule has 0 spiro atoms. The van der Waals surface area contributed by atoms with E-state index >= 15 is 0 Å². The van der Waals surface area contributed by atoms with Gasteiger partial charge >= 0.3 is 0 Å². The number of hydrogen-bond donors (Lipinski definition) is 1. The number of amides is 1. The Morgan fingerprint density at radius 1 is 1.26 bits per heavy atom. The van der Waals surface area contributed by atoms with Crippen LogP contribution in [0, 0.1) is 0 Å². The molecule has 1 saturated heterocycles. The molecule has 1 aromatic carbocycles. The molecular weight excluding hydrogens is 236 g/mol. The third-order valence-electron chi connectivity index (χ3n) is 4.53. The number of hydrogen-bond acceptors (Lipinski definition) is 2. The number of nitrogens with two attached hydrogens (primary N) is 1. The summed E-state index contributed by atoms with van der Waals surface area (Å²) >= 11 is 0. The van der Waals surface area contributed by atoms with E-state index in [1.807, 2.05) is 11.9 Å².